The molecule has 0 saturated carbocycles. The summed E-state index contributed by atoms with van der Waals surface area (Å²) >= 11 is 0. The molecule has 0 unspecified atom stereocenters. The van der Waals surface area contributed by atoms with Crippen molar-refractivity contribution in [2.45, 2.75) is 75.3 Å². The van der Waals surface area contributed by atoms with Crippen LogP contribution in [0.3, 0.4) is 0 Å². The molecule has 0 spiro atoms. The molecule has 2 heterocycles. The molecule has 0 amide bonds. The molecule has 1 aromatic rings. The predicted molar refractivity (Wildman–Crippen MR) is 103 cm³/mol. The molecule has 2 aliphatic heterocycles. The van der Waals surface area contributed by atoms with Crippen molar-refractivity contribution in [1.82, 2.24) is 0 Å². The van der Waals surface area contributed by atoms with Gasteiger partial charge in [-0.15, -0.1) is 0 Å². The zero-order valence-corrected chi connectivity index (χ0v) is 17.2. The minimum absolute atomic E-state index is 0.393. The Balaban J connectivity index is 1.65. The molecule has 0 bridgehead atoms. The second-order valence-corrected chi connectivity index (χ2v) is 7.91. The van der Waals surface area contributed by atoms with Crippen molar-refractivity contribution in [1.29, 1.82) is 0 Å². The number of aryl methyl sites for hydroxylation is 2. The third-order valence-electron chi connectivity index (χ3n) is 5.67. The van der Waals surface area contributed by atoms with E-state index in [4.69, 9.17) is 18.9 Å². The van der Waals surface area contributed by atoms with Crippen molar-refractivity contribution in [3.05, 3.63) is 29.3 Å². The molecular formula is C20H30O11. The van der Waals surface area contributed by atoms with Gasteiger partial charge in [0.05, 0.1) is 13.2 Å². The average molecular weight is 446 g/mol. The number of hydrogen-bond donors (Lipinski definition) is 7. The molecule has 2 fully saturated rings. The fourth-order valence-electron chi connectivity index (χ4n) is 3.47. The van der Waals surface area contributed by atoms with Gasteiger partial charge in [0, 0.05) is 0 Å². The minimum Gasteiger partial charge on any atom is -0.462 e. The maximum atomic E-state index is 10.3. The van der Waals surface area contributed by atoms with Crippen molar-refractivity contribution in [3.63, 3.8) is 0 Å². The summed E-state index contributed by atoms with van der Waals surface area (Å²) in [7, 11) is 0. The Bertz CT molecular complexity index is 729. The summed E-state index contributed by atoms with van der Waals surface area (Å²) in [5, 5.41) is 69.7. The van der Waals surface area contributed by atoms with E-state index in [9.17, 15) is 35.7 Å². The lowest BCUT2D eigenvalue weighted by molar-refractivity contribution is -0.323. The van der Waals surface area contributed by atoms with Crippen molar-refractivity contribution in [2.24, 2.45) is 0 Å². The molecular weight excluding hydrogens is 416 g/mol. The first kappa shape index (κ1) is 24.3. The number of ether oxygens (including phenoxy) is 4. The first-order valence-electron chi connectivity index (χ1n) is 9.99. The zero-order valence-electron chi connectivity index (χ0n) is 17.2. The summed E-state index contributed by atoms with van der Waals surface area (Å²) in [5.74, 6) is 0.393. The molecule has 0 aliphatic carbocycles. The molecule has 0 aromatic heterocycles. The van der Waals surface area contributed by atoms with Crippen LogP contribution in [-0.2, 0) is 14.2 Å². The Morgan fingerprint density at radius 1 is 0.742 bits per heavy atom. The molecule has 0 radical (unpaired) electrons. The standard InChI is InChI=1S/C20H30O11/c1-8-3-4-10(5-9(8)2)29-20-18(27)16(25)14(23)12(31-20)7-28-19-17(26)15(24)13(22)11(6-21)30-19/h3-5,11-27H,6-7H2,1-2H3/t11-,12-,13-,14-,15+,16+,17-,18-,19-,20-/m1/s1. The van der Waals surface area contributed by atoms with Crippen molar-refractivity contribution in [3.8, 4) is 5.75 Å². The van der Waals surface area contributed by atoms with Crippen LogP contribution < -0.4 is 4.74 Å². The van der Waals surface area contributed by atoms with Crippen LogP contribution >= 0.6 is 0 Å². The van der Waals surface area contributed by atoms with Crippen LogP contribution in [0.5, 0.6) is 5.75 Å². The molecule has 3 rings (SSSR count). The third-order valence-corrected chi connectivity index (χ3v) is 5.67. The second-order valence-electron chi connectivity index (χ2n) is 7.91. The lowest BCUT2D eigenvalue weighted by Gasteiger charge is -2.42. The third kappa shape index (κ3) is 5.17. The van der Waals surface area contributed by atoms with Gasteiger partial charge < -0.3 is 54.7 Å². The van der Waals surface area contributed by atoms with E-state index in [1.54, 1.807) is 12.1 Å². The van der Waals surface area contributed by atoms with E-state index in [0.29, 0.717) is 5.75 Å². The van der Waals surface area contributed by atoms with Gasteiger partial charge in [0.1, 0.15) is 54.6 Å². The summed E-state index contributed by atoms with van der Waals surface area (Å²) in [6, 6.07) is 5.24. The van der Waals surface area contributed by atoms with Gasteiger partial charge in [-0.25, -0.2) is 0 Å². The van der Waals surface area contributed by atoms with Crippen molar-refractivity contribution < 1.29 is 54.7 Å². The number of aliphatic hydroxyl groups excluding tert-OH is 7. The maximum absolute atomic E-state index is 10.3. The quantitative estimate of drug-likeness (QED) is 0.242. The predicted octanol–water partition coefficient (Wildman–Crippen LogP) is -2.69. The molecule has 7 N–H and O–H groups in total. The zero-order chi connectivity index (χ0) is 22.9. The van der Waals surface area contributed by atoms with Crippen LogP contribution in [0.15, 0.2) is 18.2 Å². The monoisotopic (exact) mass is 446 g/mol. The molecule has 2 saturated heterocycles. The molecule has 2 aliphatic rings. The van der Waals surface area contributed by atoms with Crippen LogP contribution in [0.25, 0.3) is 0 Å². The molecule has 31 heavy (non-hydrogen) atoms. The van der Waals surface area contributed by atoms with Crippen LogP contribution in [0.1, 0.15) is 11.1 Å². The van der Waals surface area contributed by atoms with E-state index in [2.05, 4.69) is 0 Å². The SMILES string of the molecule is Cc1ccc(O[C@@H]2O[C@H](CO[C@@H]3O[C@H](CO)[C@@H](O)[C@H](O)[C@H]3O)[C@@H](O)[C@H](O)[C@H]2O)cc1C. The normalized spacial score (nSPS) is 41.2. The lowest BCUT2D eigenvalue weighted by Crippen LogP contribution is -2.62. The van der Waals surface area contributed by atoms with Crippen LogP contribution in [0.2, 0.25) is 0 Å². The highest BCUT2D eigenvalue weighted by molar-refractivity contribution is 5.33. The lowest BCUT2D eigenvalue weighted by atomic mass is 9.98. The van der Waals surface area contributed by atoms with E-state index < -0.39 is 74.6 Å². The number of hydrogen-bond acceptors (Lipinski definition) is 11. The van der Waals surface area contributed by atoms with Gasteiger partial charge in [-0.1, -0.05) is 6.07 Å². The Morgan fingerprint density at radius 2 is 1.32 bits per heavy atom. The molecule has 10 atom stereocenters. The molecule has 11 heteroatoms. The summed E-state index contributed by atoms with van der Waals surface area (Å²) in [6.07, 6.45) is -14.6. The number of benzene rings is 1. The molecule has 176 valence electrons. The Kier molecular flexibility index (Phi) is 7.86. The van der Waals surface area contributed by atoms with Crippen LogP contribution in [0, 0.1) is 13.8 Å². The maximum Gasteiger partial charge on any atom is 0.229 e. The molecule has 1 aromatic carbocycles. The molecule has 11 nitrogen and oxygen atoms in total. The topological polar surface area (TPSA) is 179 Å². The fourth-order valence-corrected chi connectivity index (χ4v) is 3.47. The fraction of sp³-hybridized carbons (Fsp3) is 0.700. The van der Waals surface area contributed by atoms with E-state index in [-0.39, 0.29) is 0 Å². The van der Waals surface area contributed by atoms with Gasteiger partial charge in [-0.2, -0.15) is 0 Å². The van der Waals surface area contributed by atoms with Gasteiger partial charge in [0.2, 0.25) is 6.29 Å². The van der Waals surface area contributed by atoms with E-state index >= 15 is 0 Å². The average Bonchev–Trinajstić information content (AvgIpc) is 2.75. The minimum atomic E-state index is -1.63. The van der Waals surface area contributed by atoms with Crippen molar-refractivity contribution >= 4 is 0 Å². The highest BCUT2D eigenvalue weighted by Gasteiger charge is 2.47. The summed E-state index contributed by atoms with van der Waals surface area (Å²) in [4.78, 5) is 0. The first-order chi connectivity index (χ1) is 14.6. The van der Waals surface area contributed by atoms with E-state index in [1.807, 2.05) is 19.9 Å². The van der Waals surface area contributed by atoms with Crippen LogP contribution in [0.4, 0.5) is 0 Å². The van der Waals surface area contributed by atoms with Gasteiger partial charge in [-0.05, 0) is 37.1 Å². The second kappa shape index (κ2) is 10.0. The highest BCUT2D eigenvalue weighted by atomic mass is 16.7. The van der Waals surface area contributed by atoms with E-state index in [0.717, 1.165) is 11.1 Å². The Hall–Kier alpha value is -1.38. The van der Waals surface area contributed by atoms with Gasteiger partial charge in [-0.3, -0.25) is 0 Å². The van der Waals surface area contributed by atoms with Crippen LogP contribution in [-0.4, -0.2) is 110 Å². The number of rotatable bonds is 6. The van der Waals surface area contributed by atoms with Gasteiger partial charge in [0.25, 0.3) is 0 Å². The van der Waals surface area contributed by atoms with Gasteiger partial charge in [0.15, 0.2) is 6.29 Å². The Morgan fingerprint density at radius 3 is 1.94 bits per heavy atom. The first-order valence-corrected chi connectivity index (χ1v) is 9.99. The number of aliphatic hydroxyl groups is 7. The summed E-state index contributed by atoms with van der Waals surface area (Å²) < 4.78 is 21.8. The largest absolute Gasteiger partial charge is 0.462 e. The Labute approximate surface area is 179 Å². The van der Waals surface area contributed by atoms with Gasteiger partial charge >= 0.3 is 0 Å². The summed E-state index contributed by atoms with van der Waals surface area (Å²) in [5.41, 5.74) is 1.99. The van der Waals surface area contributed by atoms with E-state index in [1.165, 1.54) is 0 Å². The summed E-state index contributed by atoms with van der Waals surface area (Å²) in [6.45, 7) is 2.78. The van der Waals surface area contributed by atoms with Crippen molar-refractivity contribution in [2.75, 3.05) is 13.2 Å². The highest BCUT2D eigenvalue weighted by Crippen LogP contribution is 2.27. The smallest absolute Gasteiger partial charge is 0.229 e.